The molecule has 0 saturated heterocycles. The summed E-state index contributed by atoms with van der Waals surface area (Å²) in [5.41, 5.74) is 1.77. The third-order valence-corrected chi connectivity index (χ3v) is 4.55. The van der Waals surface area contributed by atoms with Crippen molar-refractivity contribution in [3.63, 3.8) is 0 Å². The van der Waals surface area contributed by atoms with Crippen LogP contribution in [-0.2, 0) is 11.2 Å². The van der Waals surface area contributed by atoms with E-state index in [0.29, 0.717) is 18.0 Å². The van der Waals surface area contributed by atoms with Crippen LogP contribution >= 0.6 is 0 Å². The van der Waals surface area contributed by atoms with Crippen LogP contribution in [0.5, 0.6) is 0 Å². The number of aromatic nitrogens is 2. The van der Waals surface area contributed by atoms with E-state index in [2.05, 4.69) is 15.3 Å². The summed E-state index contributed by atoms with van der Waals surface area (Å²) in [6.07, 6.45) is 4.17. The lowest BCUT2D eigenvalue weighted by atomic mass is 10.2. The normalized spacial score (nSPS) is 19.8. The van der Waals surface area contributed by atoms with E-state index in [1.54, 1.807) is 19.2 Å². The minimum atomic E-state index is -0.410. The van der Waals surface area contributed by atoms with Crippen molar-refractivity contribution < 1.29 is 9.66 Å². The number of nitro benzene ring substituents is 1. The van der Waals surface area contributed by atoms with Gasteiger partial charge >= 0.3 is 0 Å². The van der Waals surface area contributed by atoms with Crippen LogP contribution in [0.15, 0.2) is 30.3 Å². The molecule has 1 heterocycles. The van der Waals surface area contributed by atoms with Gasteiger partial charge in [0, 0.05) is 42.6 Å². The average molecular weight is 342 g/mol. The van der Waals surface area contributed by atoms with Gasteiger partial charge in [-0.05, 0) is 37.8 Å². The van der Waals surface area contributed by atoms with Gasteiger partial charge in [0.05, 0.1) is 11.0 Å². The molecule has 1 N–H and O–H groups in total. The zero-order chi connectivity index (χ0) is 17.8. The molecule has 2 unspecified atom stereocenters. The summed E-state index contributed by atoms with van der Waals surface area (Å²) in [5, 5.41) is 14.3. The second kappa shape index (κ2) is 7.57. The number of methoxy groups -OCH3 is 1. The Balaban J connectivity index is 1.83. The lowest BCUT2D eigenvalue weighted by molar-refractivity contribution is -0.384. The van der Waals surface area contributed by atoms with Crippen molar-refractivity contribution in [3.05, 3.63) is 46.1 Å². The van der Waals surface area contributed by atoms with Crippen LogP contribution in [0.25, 0.3) is 11.4 Å². The van der Waals surface area contributed by atoms with Crippen molar-refractivity contribution in [2.24, 2.45) is 0 Å². The molecule has 0 bridgehead atoms. The number of hydrogen-bond acceptors (Lipinski definition) is 6. The Morgan fingerprint density at radius 2 is 2.04 bits per heavy atom. The Hall–Kier alpha value is -2.54. The van der Waals surface area contributed by atoms with Gasteiger partial charge < -0.3 is 10.1 Å². The smallest absolute Gasteiger partial charge is 0.269 e. The number of rotatable bonds is 6. The van der Waals surface area contributed by atoms with E-state index in [4.69, 9.17) is 4.74 Å². The topological polar surface area (TPSA) is 90.2 Å². The quantitative estimate of drug-likeness (QED) is 0.637. The number of nitrogens with one attached hydrogen (secondary N) is 1. The lowest BCUT2D eigenvalue weighted by Crippen LogP contribution is -2.18. The summed E-state index contributed by atoms with van der Waals surface area (Å²) in [4.78, 5) is 19.6. The van der Waals surface area contributed by atoms with Crippen molar-refractivity contribution in [2.45, 2.75) is 44.8 Å². The second-order valence-electron chi connectivity index (χ2n) is 6.24. The molecule has 1 aromatic heterocycles. The molecule has 25 heavy (non-hydrogen) atoms. The number of aryl methyl sites for hydroxylation is 1. The van der Waals surface area contributed by atoms with Gasteiger partial charge in [-0.25, -0.2) is 9.97 Å². The van der Waals surface area contributed by atoms with E-state index in [1.165, 1.54) is 12.1 Å². The van der Waals surface area contributed by atoms with Gasteiger partial charge in [-0.1, -0.05) is 6.92 Å². The third kappa shape index (κ3) is 4.11. The molecule has 1 aromatic carbocycles. The van der Waals surface area contributed by atoms with Crippen molar-refractivity contribution in [1.29, 1.82) is 0 Å². The minimum Gasteiger partial charge on any atom is -0.381 e. The standard InChI is InChI=1S/C18H22N4O3/c1-3-13-11-17(19-14-6-9-16(10-14)25-2)21-18(20-13)12-4-7-15(8-5-12)22(23)24/h4-5,7-8,11,14,16H,3,6,9-10H2,1-2H3,(H,19,20,21). The van der Waals surface area contributed by atoms with Gasteiger partial charge in [0.1, 0.15) is 5.82 Å². The van der Waals surface area contributed by atoms with Gasteiger partial charge in [0.25, 0.3) is 5.69 Å². The summed E-state index contributed by atoms with van der Waals surface area (Å²) in [6.45, 7) is 2.04. The molecule has 0 aliphatic heterocycles. The first-order chi connectivity index (χ1) is 12.1. The molecule has 132 valence electrons. The molecule has 7 nitrogen and oxygen atoms in total. The van der Waals surface area contributed by atoms with E-state index in [-0.39, 0.29) is 5.69 Å². The summed E-state index contributed by atoms with van der Waals surface area (Å²) in [6, 6.07) is 8.64. The van der Waals surface area contributed by atoms with Crippen LogP contribution < -0.4 is 5.32 Å². The first kappa shape index (κ1) is 17.3. The summed E-state index contributed by atoms with van der Waals surface area (Å²) >= 11 is 0. The number of nitro groups is 1. The summed E-state index contributed by atoms with van der Waals surface area (Å²) in [7, 11) is 1.75. The fourth-order valence-corrected chi connectivity index (χ4v) is 3.11. The van der Waals surface area contributed by atoms with Gasteiger partial charge in [-0.2, -0.15) is 0 Å². The largest absolute Gasteiger partial charge is 0.381 e. The number of anilines is 1. The Morgan fingerprint density at radius 1 is 1.28 bits per heavy atom. The SMILES string of the molecule is CCc1cc(NC2CCC(OC)C2)nc(-c2ccc([N+](=O)[O-])cc2)n1. The third-order valence-electron chi connectivity index (χ3n) is 4.55. The van der Waals surface area contributed by atoms with Crippen LogP contribution in [-0.4, -0.2) is 34.1 Å². The predicted octanol–water partition coefficient (Wildman–Crippen LogP) is 3.59. The second-order valence-corrected chi connectivity index (χ2v) is 6.24. The molecule has 1 aliphatic carbocycles. The molecule has 7 heteroatoms. The Morgan fingerprint density at radius 3 is 2.64 bits per heavy atom. The number of ether oxygens (including phenoxy) is 1. The van der Waals surface area contributed by atoms with Crippen LogP contribution in [0, 0.1) is 10.1 Å². The highest BCUT2D eigenvalue weighted by molar-refractivity contribution is 5.59. The number of benzene rings is 1. The zero-order valence-corrected chi connectivity index (χ0v) is 14.4. The van der Waals surface area contributed by atoms with Crippen molar-refractivity contribution >= 4 is 11.5 Å². The van der Waals surface area contributed by atoms with E-state index in [1.807, 2.05) is 13.0 Å². The first-order valence-corrected chi connectivity index (χ1v) is 8.51. The number of hydrogen-bond donors (Lipinski definition) is 1. The molecule has 1 fully saturated rings. The molecule has 2 aromatic rings. The summed E-state index contributed by atoms with van der Waals surface area (Å²) < 4.78 is 5.42. The fraction of sp³-hybridized carbons (Fsp3) is 0.444. The molecular formula is C18H22N4O3. The molecule has 0 spiro atoms. The van der Waals surface area contributed by atoms with Crippen LogP contribution in [0.1, 0.15) is 31.9 Å². The molecule has 1 aliphatic rings. The molecule has 3 rings (SSSR count). The Labute approximate surface area is 146 Å². The first-order valence-electron chi connectivity index (χ1n) is 8.51. The highest BCUT2D eigenvalue weighted by Crippen LogP contribution is 2.26. The van der Waals surface area contributed by atoms with Crippen molar-refractivity contribution in [2.75, 3.05) is 12.4 Å². The van der Waals surface area contributed by atoms with Crippen LogP contribution in [0.4, 0.5) is 11.5 Å². The highest BCUT2D eigenvalue weighted by Gasteiger charge is 2.24. The highest BCUT2D eigenvalue weighted by atomic mass is 16.6. The Bertz CT molecular complexity index is 748. The lowest BCUT2D eigenvalue weighted by Gasteiger charge is -2.15. The Kier molecular flexibility index (Phi) is 5.23. The monoisotopic (exact) mass is 342 g/mol. The average Bonchev–Trinajstić information content (AvgIpc) is 3.09. The number of nitrogens with zero attached hydrogens (tertiary/aromatic N) is 3. The molecule has 0 radical (unpaired) electrons. The maximum atomic E-state index is 10.8. The van der Waals surface area contributed by atoms with E-state index < -0.39 is 4.92 Å². The minimum absolute atomic E-state index is 0.0605. The molecule has 0 amide bonds. The van der Waals surface area contributed by atoms with Gasteiger partial charge in [-0.3, -0.25) is 10.1 Å². The fourth-order valence-electron chi connectivity index (χ4n) is 3.11. The van der Waals surface area contributed by atoms with Crippen LogP contribution in [0.2, 0.25) is 0 Å². The molecule has 2 atom stereocenters. The number of non-ortho nitro benzene ring substituents is 1. The molecule has 1 saturated carbocycles. The van der Waals surface area contributed by atoms with Crippen molar-refractivity contribution in [1.82, 2.24) is 9.97 Å². The van der Waals surface area contributed by atoms with Gasteiger partial charge in [-0.15, -0.1) is 0 Å². The van der Waals surface area contributed by atoms with E-state index in [0.717, 1.165) is 42.8 Å². The zero-order valence-electron chi connectivity index (χ0n) is 14.4. The summed E-state index contributed by atoms with van der Waals surface area (Å²) in [5.74, 6) is 1.37. The van der Waals surface area contributed by atoms with Gasteiger partial charge in [0.2, 0.25) is 0 Å². The maximum absolute atomic E-state index is 10.8. The van der Waals surface area contributed by atoms with E-state index >= 15 is 0 Å². The van der Waals surface area contributed by atoms with Gasteiger partial charge in [0.15, 0.2) is 5.82 Å². The maximum Gasteiger partial charge on any atom is 0.269 e. The predicted molar refractivity (Wildman–Crippen MR) is 95.6 cm³/mol. The molecular weight excluding hydrogens is 320 g/mol. The van der Waals surface area contributed by atoms with Crippen molar-refractivity contribution in [3.8, 4) is 11.4 Å². The van der Waals surface area contributed by atoms with E-state index in [9.17, 15) is 10.1 Å². The van der Waals surface area contributed by atoms with Crippen LogP contribution in [0.3, 0.4) is 0 Å².